The van der Waals surface area contributed by atoms with E-state index in [9.17, 15) is 4.79 Å². The Morgan fingerprint density at radius 3 is 1.76 bits per heavy atom. The summed E-state index contributed by atoms with van der Waals surface area (Å²) in [5.74, 6) is 4.05. The minimum atomic E-state index is -0.272. The molecular weight excluding hydrogens is 530 g/mol. The van der Waals surface area contributed by atoms with Crippen molar-refractivity contribution >= 4 is 11.5 Å². The van der Waals surface area contributed by atoms with Crippen LogP contribution in [0, 0.1) is 11.8 Å². The zero-order valence-corrected chi connectivity index (χ0v) is 23.9. The van der Waals surface area contributed by atoms with Crippen molar-refractivity contribution < 1.29 is 42.7 Å². The summed E-state index contributed by atoms with van der Waals surface area (Å²) in [5, 5.41) is 0. The fraction of sp³-hybridized carbons (Fsp3) is 0.387. The molecule has 3 aromatic rings. The summed E-state index contributed by atoms with van der Waals surface area (Å²) in [6.07, 6.45) is 0. The SMILES string of the molecule is COc1cc([C@@H]2c3cc4c(cc3C(=O)[C@H]3CN(c5cc(OC)c(OC)c(OC)c5)C[C@@H]23)OCO4)cc(OC)c1OC. The van der Waals surface area contributed by atoms with Crippen molar-refractivity contribution in [3.05, 3.63) is 53.1 Å². The zero-order valence-electron chi connectivity index (χ0n) is 23.9. The minimum Gasteiger partial charge on any atom is -0.493 e. The number of fused-ring (bicyclic) bond motifs is 3. The summed E-state index contributed by atoms with van der Waals surface area (Å²) in [5.41, 5.74) is 3.36. The number of hydrogen-bond acceptors (Lipinski definition) is 10. The topological polar surface area (TPSA) is 94.2 Å². The minimum absolute atomic E-state index is 0.0581. The van der Waals surface area contributed by atoms with Crippen LogP contribution in [-0.2, 0) is 0 Å². The van der Waals surface area contributed by atoms with Crippen molar-refractivity contribution in [2.45, 2.75) is 5.92 Å². The van der Waals surface area contributed by atoms with Crippen molar-refractivity contribution in [1.29, 1.82) is 0 Å². The maximum absolute atomic E-state index is 14.1. The van der Waals surface area contributed by atoms with Crippen molar-refractivity contribution in [3.8, 4) is 46.0 Å². The molecule has 1 fully saturated rings. The number of carbonyl (C=O) groups is 1. The van der Waals surface area contributed by atoms with E-state index in [2.05, 4.69) is 4.90 Å². The average molecular weight is 564 g/mol. The van der Waals surface area contributed by atoms with Gasteiger partial charge in [-0.2, -0.15) is 0 Å². The smallest absolute Gasteiger partial charge is 0.231 e. The van der Waals surface area contributed by atoms with Gasteiger partial charge < -0.3 is 42.8 Å². The molecule has 1 aliphatic carbocycles. The van der Waals surface area contributed by atoms with Crippen LogP contribution in [0.25, 0.3) is 0 Å². The number of benzene rings is 3. The number of anilines is 1. The normalized spacial score (nSPS) is 20.3. The second-order valence-electron chi connectivity index (χ2n) is 10.2. The lowest BCUT2D eigenvalue weighted by Gasteiger charge is -2.35. The van der Waals surface area contributed by atoms with E-state index in [0.717, 1.165) is 16.8 Å². The lowest BCUT2D eigenvalue weighted by molar-refractivity contribution is 0.0878. The molecule has 2 heterocycles. The molecule has 0 bridgehead atoms. The first-order chi connectivity index (χ1) is 20.0. The molecule has 6 rings (SSSR count). The number of nitrogens with zero attached hydrogens (tertiary/aromatic N) is 1. The van der Waals surface area contributed by atoms with Crippen LogP contribution in [0.2, 0.25) is 0 Å². The van der Waals surface area contributed by atoms with Gasteiger partial charge in [0.1, 0.15) is 0 Å². The molecule has 3 aromatic carbocycles. The molecule has 0 radical (unpaired) electrons. The van der Waals surface area contributed by atoms with Gasteiger partial charge in [-0.25, -0.2) is 0 Å². The van der Waals surface area contributed by atoms with Gasteiger partial charge in [-0.15, -0.1) is 0 Å². The predicted molar refractivity (Wildman–Crippen MR) is 150 cm³/mol. The Morgan fingerprint density at radius 1 is 0.683 bits per heavy atom. The molecule has 41 heavy (non-hydrogen) atoms. The molecule has 0 N–H and O–H groups in total. The Morgan fingerprint density at radius 2 is 1.22 bits per heavy atom. The molecule has 1 saturated heterocycles. The molecule has 3 atom stereocenters. The van der Waals surface area contributed by atoms with Crippen LogP contribution >= 0.6 is 0 Å². The van der Waals surface area contributed by atoms with Gasteiger partial charge in [0.15, 0.2) is 40.3 Å². The average Bonchev–Trinajstić information content (AvgIpc) is 3.66. The number of ether oxygens (including phenoxy) is 8. The summed E-state index contributed by atoms with van der Waals surface area (Å²) in [6, 6.07) is 11.5. The van der Waals surface area contributed by atoms with E-state index in [4.69, 9.17) is 37.9 Å². The third-order valence-electron chi connectivity index (χ3n) is 8.34. The monoisotopic (exact) mass is 563 g/mol. The van der Waals surface area contributed by atoms with Gasteiger partial charge in [-0.3, -0.25) is 4.79 Å². The van der Waals surface area contributed by atoms with Gasteiger partial charge in [0.25, 0.3) is 0 Å². The first-order valence-electron chi connectivity index (χ1n) is 13.3. The number of rotatable bonds is 8. The maximum atomic E-state index is 14.1. The number of Topliss-reactive ketones (excluding diaryl/α,β-unsaturated/α-hetero) is 1. The molecule has 0 unspecified atom stereocenters. The van der Waals surface area contributed by atoms with E-state index in [1.54, 1.807) is 42.7 Å². The number of ketones is 1. The highest BCUT2D eigenvalue weighted by Crippen LogP contribution is 2.53. The first-order valence-corrected chi connectivity index (χ1v) is 13.3. The lowest BCUT2D eigenvalue weighted by atomic mass is 9.67. The quantitative estimate of drug-likeness (QED) is 0.389. The van der Waals surface area contributed by atoms with Crippen molar-refractivity contribution in [2.24, 2.45) is 11.8 Å². The molecule has 0 amide bonds. The van der Waals surface area contributed by atoms with Crippen LogP contribution in [0.1, 0.15) is 27.4 Å². The van der Waals surface area contributed by atoms with Gasteiger partial charge in [0, 0.05) is 48.3 Å². The van der Waals surface area contributed by atoms with Gasteiger partial charge >= 0.3 is 0 Å². The fourth-order valence-electron chi connectivity index (χ4n) is 6.47. The van der Waals surface area contributed by atoms with Crippen molar-refractivity contribution in [2.75, 3.05) is 67.4 Å². The molecule has 216 valence electrons. The Balaban J connectivity index is 1.49. The lowest BCUT2D eigenvalue weighted by Crippen LogP contribution is -2.34. The maximum Gasteiger partial charge on any atom is 0.231 e. The van der Waals surface area contributed by atoms with E-state index < -0.39 is 0 Å². The van der Waals surface area contributed by atoms with Gasteiger partial charge in [-0.05, 0) is 41.3 Å². The Bertz CT molecular complexity index is 1450. The molecule has 0 spiro atoms. The van der Waals surface area contributed by atoms with Crippen LogP contribution in [0.5, 0.6) is 46.0 Å². The Hall–Kier alpha value is -4.47. The van der Waals surface area contributed by atoms with E-state index in [1.165, 1.54) is 0 Å². The third-order valence-corrected chi connectivity index (χ3v) is 8.34. The van der Waals surface area contributed by atoms with Gasteiger partial charge in [0.2, 0.25) is 18.3 Å². The van der Waals surface area contributed by atoms with E-state index in [-0.39, 0.29) is 30.3 Å². The molecule has 2 aliphatic heterocycles. The fourth-order valence-corrected chi connectivity index (χ4v) is 6.47. The van der Waals surface area contributed by atoms with Crippen LogP contribution < -0.4 is 42.8 Å². The largest absolute Gasteiger partial charge is 0.493 e. The zero-order chi connectivity index (χ0) is 28.8. The van der Waals surface area contributed by atoms with Crippen LogP contribution in [0.15, 0.2) is 36.4 Å². The van der Waals surface area contributed by atoms with E-state index >= 15 is 0 Å². The predicted octanol–water partition coefficient (Wildman–Crippen LogP) is 4.55. The number of carbonyl (C=O) groups excluding carboxylic acids is 1. The van der Waals surface area contributed by atoms with Gasteiger partial charge in [-0.1, -0.05) is 0 Å². The number of methoxy groups -OCH3 is 6. The van der Waals surface area contributed by atoms with Crippen LogP contribution in [0.4, 0.5) is 5.69 Å². The highest BCUT2D eigenvalue weighted by atomic mass is 16.7. The third kappa shape index (κ3) is 4.20. The molecule has 0 aromatic heterocycles. The van der Waals surface area contributed by atoms with E-state index in [1.807, 2.05) is 36.4 Å². The van der Waals surface area contributed by atoms with Crippen LogP contribution in [0.3, 0.4) is 0 Å². The second kappa shape index (κ2) is 10.5. The van der Waals surface area contributed by atoms with Crippen molar-refractivity contribution in [3.63, 3.8) is 0 Å². The molecule has 10 nitrogen and oxygen atoms in total. The summed E-state index contributed by atoms with van der Waals surface area (Å²) in [6.45, 7) is 1.27. The second-order valence-corrected chi connectivity index (χ2v) is 10.2. The summed E-state index contributed by atoms with van der Waals surface area (Å²) in [7, 11) is 9.54. The standard InChI is InChI=1S/C31H33NO9/c1-34-24-7-16(8-25(35-2)30(24)38-5)28-18-11-22-23(41-15-40-22)12-19(18)29(33)21-14-32(13-20(21)28)17-9-26(36-3)31(39-6)27(10-17)37-4/h7-12,20-21,28H,13-15H2,1-6H3/t20-,21+,28-/m1/s1. The van der Waals surface area contributed by atoms with Crippen LogP contribution in [-0.4, -0.2) is 68.3 Å². The Kier molecular flexibility index (Phi) is 6.84. The molecule has 3 aliphatic rings. The van der Waals surface area contributed by atoms with Gasteiger partial charge in [0.05, 0.1) is 42.7 Å². The van der Waals surface area contributed by atoms with Crippen molar-refractivity contribution in [1.82, 2.24) is 0 Å². The molecular formula is C31H33NO9. The summed E-state index contributed by atoms with van der Waals surface area (Å²) < 4.78 is 45.1. The summed E-state index contributed by atoms with van der Waals surface area (Å²) in [4.78, 5) is 16.3. The highest BCUT2D eigenvalue weighted by Gasteiger charge is 2.49. The highest BCUT2D eigenvalue weighted by molar-refractivity contribution is 6.02. The first kappa shape index (κ1) is 26.7. The number of hydrogen-bond donors (Lipinski definition) is 0. The molecule has 0 saturated carbocycles. The molecule has 10 heteroatoms. The van der Waals surface area contributed by atoms with E-state index in [0.29, 0.717) is 64.6 Å². The Labute approximate surface area is 238 Å². The summed E-state index contributed by atoms with van der Waals surface area (Å²) >= 11 is 0.